The van der Waals surface area contributed by atoms with E-state index in [9.17, 15) is 45.8 Å². The van der Waals surface area contributed by atoms with Crippen LogP contribution in [-0.2, 0) is 4.79 Å². The van der Waals surface area contributed by atoms with Crippen LogP contribution in [-0.4, -0.2) is 46.4 Å². The van der Waals surface area contributed by atoms with Gasteiger partial charge in [0.25, 0.3) is 0 Å². The molecule has 36 heavy (non-hydrogen) atoms. The number of halogens is 7. The number of pyridine rings is 1. The summed E-state index contributed by atoms with van der Waals surface area (Å²) in [6.45, 7) is 0.292. The fourth-order valence-electron chi connectivity index (χ4n) is 4.09. The molecule has 7 nitrogen and oxygen atoms in total. The zero-order valence-electron chi connectivity index (χ0n) is 18.0. The van der Waals surface area contributed by atoms with E-state index in [0.717, 1.165) is 17.0 Å². The minimum Gasteiger partial charge on any atom is -0.477 e. The summed E-state index contributed by atoms with van der Waals surface area (Å²) in [4.78, 5) is 36.4. The van der Waals surface area contributed by atoms with Crippen molar-refractivity contribution < 1.29 is 45.4 Å². The van der Waals surface area contributed by atoms with Gasteiger partial charge in [-0.2, -0.15) is 13.2 Å². The molecule has 0 aliphatic carbocycles. The van der Waals surface area contributed by atoms with Crippen molar-refractivity contribution in [2.45, 2.75) is 18.6 Å². The van der Waals surface area contributed by atoms with E-state index in [-0.39, 0.29) is 0 Å². The molecule has 0 unspecified atom stereocenters. The summed E-state index contributed by atoms with van der Waals surface area (Å²) in [5, 5.41) is 10.3. The summed E-state index contributed by atoms with van der Waals surface area (Å²) in [5.74, 6) is -9.09. The van der Waals surface area contributed by atoms with Crippen LogP contribution in [0.15, 0.2) is 35.3 Å². The number of amides is 1. The van der Waals surface area contributed by atoms with Crippen LogP contribution in [0.25, 0.3) is 16.6 Å². The number of aromatic nitrogens is 1. The Morgan fingerprint density at radius 1 is 1.06 bits per heavy atom. The number of anilines is 1. The maximum atomic E-state index is 15.7. The van der Waals surface area contributed by atoms with Gasteiger partial charge in [-0.05, 0) is 25.1 Å². The van der Waals surface area contributed by atoms with Crippen LogP contribution in [0.5, 0.6) is 0 Å². The predicted molar refractivity (Wildman–Crippen MR) is 111 cm³/mol. The lowest BCUT2D eigenvalue weighted by atomic mass is 9.90. The summed E-state index contributed by atoms with van der Waals surface area (Å²) >= 11 is 0. The highest BCUT2D eigenvalue weighted by atomic mass is 19.4. The highest BCUT2D eigenvalue weighted by Gasteiger charge is 2.48. The summed E-state index contributed by atoms with van der Waals surface area (Å²) in [7, 11) is 0. The third-order valence-corrected chi connectivity index (χ3v) is 5.62. The van der Waals surface area contributed by atoms with Gasteiger partial charge in [0.15, 0.2) is 5.82 Å². The number of carboxylic acid groups (broad SMARTS) is 1. The van der Waals surface area contributed by atoms with Gasteiger partial charge in [-0.1, -0.05) is 0 Å². The van der Waals surface area contributed by atoms with Crippen LogP contribution in [0.2, 0.25) is 0 Å². The number of carbonyl (C=O) groups is 2. The van der Waals surface area contributed by atoms with Crippen molar-refractivity contribution in [2.24, 2.45) is 0 Å². The van der Waals surface area contributed by atoms with E-state index in [4.69, 9.17) is 0 Å². The first-order chi connectivity index (χ1) is 16.6. The van der Waals surface area contributed by atoms with Crippen LogP contribution >= 0.6 is 0 Å². The van der Waals surface area contributed by atoms with Crippen molar-refractivity contribution in [1.29, 1.82) is 0 Å². The number of benzene rings is 2. The maximum Gasteiger partial charge on any atom is 0.471 e. The van der Waals surface area contributed by atoms with E-state index < -0.39 is 93.2 Å². The van der Waals surface area contributed by atoms with E-state index in [1.165, 1.54) is 6.92 Å². The Labute approximate surface area is 196 Å². The monoisotopic (exact) mass is 517 g/mol. The number of hydrogen-bond acceptors (Lipinski definition) is 4. The van der Waals surface area contributed by atoms with E-state index >= 15 is 4.39 Å². The number of carbonyl (C=O) groups excluding carboxylic acids is 1. The predicted octanol–water partition coefficient (Wildman–Crippen LogP) is 3.50. The molecule has 1 saturated heterocycles. The lowest BCUT2D eigenvalue weighted by molar-refractivity contribution is -0.175. The molecule has 190 valence electrons. The molecule has 1 aliphatic heterocycles. The Kier molecular flexibility index (Phi) is 5.72. The zero-order chi connectivity index (χ0) is 26.7. The van der Waals surface area contributed by atoms with E-state index in [2.05, 4.69) is 0 Å². The number of aromatic carboxylic acids is 1. The SMILES string of the molecule is CC1(NC(=O)C(F)(F)F)CN(c2c(F)cc3c(=O)c(C(=O)O)cn(-c4ccc(F)cc4F)c3c2F)C1. The molecule has 4 rings (SSSR count). The van der Waals surface area contributed by atoms with E-state index in [1.54, 1.807) is 5.32 Å². The van der Waals surface area contributed by atoms with Crippen molar-refractivity contribution in [1.82, 2.24) is 9.88 Å². The highest BCUT2D eigenvalue weighted by Crippen LogP contribution is 2.36. The second kappa shape index (κ2) is 8.24. The minimum absolute atomic E-state index is 0.423. The summed E-state index contributed by atoms with van der Waals surface area (Å²) < 4.78 is 97.0. The van der Waals surface area contributed by atoms with Crippen LogP contribution in [0.1, 0.15) is 17.3 Å². The van der Waals surface area contributed by atoms with Gasteiger partial charge < -0.3 is 19.9 Å². The summed E-state index contributed by atoms with van der Waals surface area (Å²) in [6, 6.07) is 2.57. The summed E-state index contributed by atoms with van der Waals surface area (Å²) in [5.41, 5.74) is -5.86. The van der Waals surface area contributed by atoms with Gasteiger partial charge in [0, 0.05) is 25.4 Å². The first-order valence-electron chi connectivity index (χ1n) is 10.0. The minimum atomic E-state index is -5.18. The average Bonchev–Trinajstić information content (AvgIpc) is 2.72. The van der Waals surface area contributed by atoms with Crippen molar-refractivity contribution in [3.05, 3.63) is 69.5 Å². The molecular formula is C22H14F7N3O4. The Bertz CT molecular complexity index is 1490. The molecule has 1 amide bonds. The van der Waals surface area contributed by atoms with Crippen molar-refractivity contribution in [2.75, 3.05) is 18.0 Å². The van der Waals surface area contributed by atoms with Crippen molar-refractivity contribution in [3.63, 3.8) is 0 Å². The van der Waals surface area contributed by atoms with Gasteiger partial charge in [-0.15, -0.1) is 0 Å². The maximum absolute atomic E-state index is 15.7. The number of rotatable bonds is 4. The van der Waals surface area contributed by atoms with E-state index in [1.807, 2.05) is 0 Å². The number of fused-ring (bicyclic) bond motifs is 1. The molecule has 2 heterocycles. The molecule has 0 saturated carbocycles. The molecule has 0 spiro atoms. The molecule has 0 bridgehead atoms. The van der Waals surface area contributed by atoms with Crippen molar-refractivity contribution >= 4 is 28.5 Å². The van der Waals surface area contributed by atoms with Gasteiger partial charge >= 0.3 is 18.1 Å². The normalized spacial score (nSPS) is 15.1. The van der Waals surface area contributed by atoms with Crippen LogP contribution in [0.4, 0.5) is 36.4 Å². The number of nitrogens with zero attached hydrogens (tertiary/aromatic N) is 2. The lowest BCUT2D eigenvalue weighted by Crippen LogP contribution is -2.70. The fourth-order valence-corrected chi connectivity index (χ4v) is 4.09. The van der Waals surface area contributed by atoms with Crippen LogP contribution < -0.4 is 15.6 Å². The molecule has 14 heteroatoms. The molecule has 0 atom stereocenters. The molecular weight excluding hydrogens is 503 g/mol. The van der Waals surface area contributed by atoms with E-state index in [0.29, 0.717) is 22.9 Å². The molecule has 3 aromatic rings. The molecule has 1 aliphatic rings. The number of alkyl halides is 3. The first-order valence-corrected chi connectivity index (χ1v) is 10.0. The molecule has 1 fully saturated rings. The topological polar surface area (TPSA) is 91.6 Å². The smallest absolute Gasteiger partial charge is 0.471 e. The Morgan fingerprint density at radius 3 is 2.25 bits per heavy atom. The van der Waals surface area contributed by atoms with Gasteiger partial charge in [0.1, 0.15) is 28.7 Å². The second-order valence-electron chi connectivity index (χ2n) is 8.43. The van der Waals surface area contributed by atoms with Crippen LogP contribution in [0.3, 0.4) is 0 Å². The zero-order valence-corrected chi connectivity index (χ0v) is 18.0. The largest absolute Gasteiger partial charge is 0.477 e. The highest BCUT2D eigenvalue weighted by molar-refractivity contribution is 5.94. The molecule has 0 radical (unpaired) electrons. The Balaban J connectivity index is 1.88. The standard InChI is InChI=1S/C22H14F7N3O4/c1-21(30-20(36)22(27,28)29)7-31(8-21)17-13(25)5-10-16(15(17)26)32(6-11(18(10)33)19(34)35)14-3-2-9(23)4-12(14)24/h2-6H,7-8H2,1H3,(H,30,36)(H,34,35). The quantitative estimate of drug-likeness (QED) is 0.517. The van der Waals surface area contributed by atoms with Gasteiger partial charge in [-0.3, -0.25) is 9.59 Å². The second-order valence-corrected chi connectivity index (χ2v) is 8.43. The number of carboxylic acids is 1. The fraction of sp³-hybridized carbons (Fsp3) is 0.227. The van der Waals surface area contributed by atoms with Gasteiger partial charge in [0.2, 0.25) is 5.43 Å². The average molecular weight is 517 g/mol. The third-order valence-electron chi connectivity index (χ3n) is 5.62. The lowest BCUT2D eigenvalue weighted by Gasteiger charge is -2.49. The molecule has 2 aromatic carbocycles. The Morgan fingerprint density at radius 2 is 1.69 bits per heavy atom. The number of nitrogens with one attached hydrogen (secondary N) is 1. The molecule has 1 aromatic heterocycles. The van der Waals surface area contributed by atoms with Gasteiger partial charge in [-0.25, -0.2) is 22.4 Å². The summed E-state index contributed by atoms with van der Waals surface area (Å²) in [6.07, 6.45) is -4.59. The third kappa shape index (κ3) is 4.12. The first kappa shape index (κ1) is 25.0. The Hall–Kier alpha value is -4.10. The van der Waals surface area contributed by atoms with Gasteiger partial charge in [0.05, 0.1) is 22.1 Å². The molecule has 2 N–H and O–H groups in total. The number of hydrogen-bond donors (Lipinski definition) is 2. The van der Waals surface area contributed by atoms with Crippen LogP contribution in [0, 0.1) is 23.3 Å². The van der Waals surface area contributed by atoms with Crippen molar-refractivity contribution in [3.8, 4) is 5.69 Å².